The zero-order chi connectivity index (χ0) is 16.7. The first-order valence-corrected chi connectivity index (χ1v) is 8.77. The summed E-state index contributed by atoms with van der Waals surface area (Å²) in [6.07, 6.45) is 3.60. The molecule has 0 unspecified atom stereocenters. The zero-order valence-electron chi connectivity index (χ0n) is 13.0. The van der Waals surface area contributed by atoms with Gasteiger partial charge in [0.05, 0.1) is 24.2 Å². The van der Waals surface area contributed by atoms with Gasteiger partial charge in [-0.1, -0.05) is 24.3 Å². The van der Waals surface area contributed by atoms with Gasteiger partial charge in [0.1, 0.15) is 0 Å². The molecule has 0 aliphatic rings. The second kappa shape index (κ2) is 8.13. The number of rotatable bonds is 4. The van der Waals surface area contributed by atoms with Crippen molar-refractivity contribution in [2.75, 3.05) is 13.2 Å². The number of phosphoric acid groups is 1. The molecule has 6 nitrogen and oxygen atoms in total. The van der Waals surface area contributed by atoms with E-state index in [9.17, 15) is 4.57 Å². The summed E-state index contributed by atoms with van der Waals surface area (Å²) < 4.78 is 19.2. The molecular formula is C16H19N2O4P. The molecule has 7 heteroatoms. The number of fused-ring (bicyclic) bond motifs is 3. The molecule has 0 fully saturated rings. The lowest BCUT2D eigenvalue weighted by Crippen LogP contribution is -1.93. The third kappa shape index (κ3) is 4.81. The van der Waals surface area contributed by atoms with Crippen molar-refractivity contribution < 1.29 is 18.5 Å². The molecule has 0 radical (unpaired) electrons. The van der Waals surface area contributed by atoms with Crippen molar-refractivity contribution in [2.24, 2.45) is 0 Å². The predicted octanol–water partition coefficient (Wildman–Crippen LogP) is 3.94. The van der Waals surface area contributed by atoms with Crippen molar-refractivity contribution in [3.05, 3.63) is 48.8 Å². The second-order valence-electron chi connectivity index (χ2n) is 4.52. The Morgan fingerprint density at radius 2 is 1.35 bits per heavy atom. The molecule has 0 aliphatic heterocycles. The van der Waals surface area contributed by atoms with E-state index in [1.807, 2.05) is 12.1 Å². The minimum absolute atomic E-state index is 0.188. The van der Waals surface area contributed by atoms with Gasteiger partial charge < -0.3 is 4.89 Å². The SMILES string of the molecule is CCOP(=O)(O)OCC.c1cnc2c(c1)ccc1cccnc12. The van der Waals surface area contributed by atoms with Gasteiger partial charge in [-0.3, -0.25) is 19.0 Å². The lowest BCUT2D eigenvalue weighted by Gasteiger charge is -2.07. The van der Waals surface area contributed by atoms with Crippen molar-refractivity contribution in [1.29, 1.82) is 0 Å². The summed E-state index contributed by atoms with van der Waals surface area (Å²) in [6.45, 7) is 3.63. The van der Waals surface area contributed by atoms with Gasteiger partial charge in [0.25, 0.3) is 0 Å². The Morgan fingerprint density at radius 1 is 0.913 bits per heavy atom. The molecule has 3 aromatic rings. The third-order valence-electron chi connectivity index (χ3n) is 2.93. The number of hydrogen-bond donors (Lipinski definition) is 1. The molecule has 0 aliphatic carbocycles. The van der Waals surface area contributed by atoms with E-state index in [2.05, 4.69) is 43.3 Å². The first-order chi connectivity index (χ1) is 11.1. The molecule has 0 atom stereocenters. The van der Waals surface area contributed by atoms with Crippen LogP contribution < -0.4 is 0 Å². The van der Waals surface area contributed by atoms with E-state index < -0.39 is 7.82 Å². The van der Waals surface area contributed by atoms with E-state index in [0.717, 1.165) is 21.8 Å². The maximum atomic E-state index is 10.5. The van der Waals surface area contributed by atoms with Crippen LogP contribution in [0.1, 0.15) is 13.8 Å². The minimum Gasteiger partial charge on any atom is -0.302 e. The second-order valence-corrected chi connectivity index (χ2v) is 5.97. The van der Waals surface area contributed by atoms with Crippen LogP contribution in [0.3, 0.4) is 0 Å². The van der Waals surface area contributed by atoms with Gasteiger partial charge in [-0.05, 0) is 26.0 Å². The molecule has 0 saturated heterocycles. The van der Waals surface area contributed by atoms with E-state index in [1.54, 1.807) is 26.2 Å². The summed E-state index contributed by atoms with van der Waals surface area (Å²) in [6, 6.07) is 12.1. The highest BCUT2D eigenvalue weighted by molar-refractivity contribution is 7.47. The molecule has 122 valence electrons. The standard InChI is InChI=1S/C12H8N2.C4H11O4P/c1-3-9-5-6-10-4-2-8-14-12(10)11(9)13-7-1;1-3-7-9(5,6)8-4-2/h1-8H;3-4H2,1-2H3,(H,5,6). The molecule has 1 aromatic carbocycles. The van der Waals surface area contributed by atoms with Crippen LogP contribution >= 0.6 is 7.82 Å². The van der Waals surface area contributed by atoms with Crippen molar-refractivity contribution in [3.63, 3.8) is 0 Å². The highest BCUT2D eigenvalue weighted by atomic mass is 31.2. The maximum Gasteiger partial charge on any atom is 0.472 e. The predicted molar refractivity (Wildman–Crippen MR) is 90.1 cm³/mol. The number of hydrogen-bond acceptors (Lipinski definition) is 5. The number of nitrogens with zero attached hydrogens (tertiary/aromatic N) is 2. The number of benzene rings is 1. The molecule has 0 saturated carbocycles. The molecule has 0 bridgehead atoms. The van der Waals surface area contributed by atoms with Crippen LogP contribution in [0.2, 0.25) is 0 Å². The molecule has 3 rings (SSSR count). The van der Waals surface area contributed by atoms with Gasteiger partial charge in [0.15, 0.2) is 0 Å². The molecule has 2 aromatic heterocycles. The Morgan fingerprint density at radius 3 is 1.74 bits per heavy atom. The van der Waals surface area contributed by atoms with E-state index in [-0.39, 0.29) is 13.2 Å². The Labute approximate surface area is 134 Å². The van der Waals surface area contributed by atoms with Crippen molar-refractivity contribution in [3.8, 4) is 0 Å². The molecule has 2 heterocycles. The largest absolute Gasteiger partial charge is 0.472 e. The normalized spacial score (nSPS) is 11.3. The topological polar surface area (TPSA) is 81.5 Å². The van der Waals surface area contributed by atoms with Gasteiger partial charge >= 0.3 is 7.82 Å². The maximum absolute atomic E-state index is 10.5. The summed E-state index contributed by atoms with van der Waals surface area (Å²) in [5.41, 5.74) is 1.95. The fourth-order valence-corrected chi connectivity index (χ4v) is 2.77. The summed E-state index contributed by atoms with van der Waals surface area (Å²) in [7, 11) is -3.69. The summed E-state index contributed by atoms with van der Waals surface area (Å²) in [5, 5.41) is 2.28. The van der Waals surface area contributed by atoms with E-state index in [4.69, 9.17) is 4.89 Å². The summed E-state index contributed by atoms with van der Waals surface area (Å²) in [4.78, 5) is 17.3. The quantitative estimate of drug-likeness (QED) is 0.575. The number of pyridine rings is 2. The summed E-state index contributed by atoms with van der Waals surface area (Å²) in [5.74, 6) is 0. The summed E-state index contributed by atoms with van der Waals surface area (Å²) >= 11 is 0. The van der Waals surface area contributed by atoms with Crippen molar-refractivity contribution in [2.45, 2.75) is 13.8 Å². The number of aromatic nitrogens is 2. The van der Waals surface area contributed by atoms with Crippen LogP contribution in [-0.4, -0.2) is 28.1 Å². The lowest BCUT2D eigenvalue weighted by molar-refractivity contribution is 0.161. The first kappa shape index (κ1) is 17.5. The van der Waals surface area contributed by atoms with E-state index in [1.165, 1.54) is 0 Å². The van der Waals surface area contributed by atoms with Crippen LogP contribution in [0.15, 0.2) is 48.8 Å². The van der Waals surface area contributed by atoms with Crippen LogP contribution in [0, 0.1) is 0 Å². The monoisotopic (exact) mass is 334 g/mol. The fraction of sp³-hybridized carbons (Fsp3) is 0.250. The Hall–Kier alpha value is -1.85. The third-order valence-corrected chi connectivity index (χ3v) is 4.10. The molecule has 0 amide bonds. The highest BCUT2D eigenvalue weighted by Crippen LogP contribution is 2.42. The van der Waals surface area contributed by atoms with Crippen LogP contribution in [0.25, 0.3) is 21.8 Å². The van der Waals surface area contributed by atoms with Crippen LogP contribution in [0.4, 0.5) is 0 Å². The van der Waals surface area contributed by atoms with Gasteiger partial charge in [-0.15, -0.1) is 0 Å². The van der Waals surface area contributed by atoms with Gasteiger partial charge in [-0.25, -0.2) is 4.57 Å². The van der Waals surface area contributed by atoms with Gasteiger partial charge in [0.2, 0.25) is 0 Å². The average Bonchev–Trinajstić information content (AvgIpc) is 2.55. The Bertz CT molecular complexity index is 760. The molecule has 1 N–H and O–H groups in total. The Balaban J connectivity index is 0.000000188. The molecule has 23 heavy (non-hydrogen) atoms. The molecular weight excluding hydrogens is 315 g/mol. The van der Waals surface area contributed by atoms with Crippen molar-refractivity contribution >= 4 is 29.6 Å². The van der Waals surface area contributed by atoms with E-state index >= 15 is 0 Å². The van der Waals surface area contributed by atoms with Gasteiger partial charge in [0, 0.05) is 23.2 Å². The van der Waals surface area contributed by atoms with Gasteiger partial charge in [-0.2, -0.15) is 0 Å². The highest BCUT2D eigenvalue weighted by Gasteiger charge is 2.17. The molecule has 0 spiro atoms. The smallest absolute Gasteiger partial charge is 0.302 e. The van der Waals surface area contributed by atoms with Crippen molar-refractivity contribution in [1.82, 2.24) is 9.97 Å². The van der Waals surface area contributed by atoms with Crippen LogP contribution in [-0.2, 0) is 13.6 Å². The minimum atomic E-state index is -3.69. The zero-order valence-corrected chi connectivity index (χ0v) is 13.9. The average molecular weight is 334 g/mol. The fourth-order valence-electron chi connectivity index (χ4n) is 2.04. The lowest BCUT2D eigenvalue weighted by atomic mass is 10.1. The Kier molecular flexibility index (Phi) is 6.19. The van der Waals surface area contributed by atoms with Crippen LogP contribution in [0.5, 0.6) is 0 Å². The first-order valence-electron chi connectivity index (χ1n) is 7.27. The number of phosphoric ester groups is 1. The van der Waals surface area contributed by atoms with E-state index in [0.29, 0.717) is 0 Å².